The zero-order valence-corrected chi connectivity index (χ0v) is 17.2. The Balaban J connectivity index is 1.88. The quantitative estimate of drug-likeness (QED) is 0.711. The molecule has 1 aliphatic carbocycles. The fourth-order valence-corrected chi connectivity index (χ4v) is 5.20. The fraction of sp³-hybridized carbons (Fsp3) is 0.375. The Morgan fingerprint density at radius 1 is 1.27 bits per heavy atom. The maximum absolute atomic E-state index is 12.6. The predicted octanol–water partition coefficient (Wildman–Crippen LogP) is 4.27. The first-order valence-corrected chi connectivity index (χ1v) is 11.1. The van der Waals surface area contributed by atoms with Crippen molar-refractivity contribution in [3.8, 4) is 0 Å². The van der Waals surface area contributed by atoms with Crippen LogP contribution in [0.3, 0.4) is 0 Å². The summed E-state index contributed by atoms with van der Waals surface area (Å²) in [5.41, 5.74) is 0.887. The number of carbonyl (C=O) groups excluding carboxylic acids is 1. The molecule has 6 nitrogen and oxygen atoms in total. The van der Waals surface area contributed by atoms with Crippen molar-refractivity contribution in [2.24, 2.45) is 0 Å². The first-order valence-electron chi connectivity index (χ1n) is 7.95. The standard InChI is InChI=1S/C16H17Cl2N3O3S2/c1-8(2)13-7-25-16(19-13)20-15(22)10-5-14(12(18)6-11(10)17)26(23,24)21-9-3-4-9/h5-9,21H,3-4H2,1-2H3,(H,19,20,22). The normalized spacial score (nSPS) is 14.7. The highest BCUT2D eigenvalue weighted by Crippen LogP contribution is 2.31. The molecule has 0 saturated heterocycles. The van der Waals surface area contributed by atoms with Gasteiger partial charge >= 0.3 is 0 Å². The van der Waals surface area contributed by atoms with Gasteiger partial charge in [0.1, 0.15) is 4.90 Å². The second-order valence-corrected chi connectivity index (χ2v) is 9.70. The van der Waals surface area contributed by atoms with Gasteiger partial charge in [-0.25, -0.2) is 18.1 Å². The molecule has 26 heavy (non-hydrogen) atoms. The highest BCUT2D eigenvalue weighted by molar-refractivity contribution is 7.89. The first kappa shape index (κ1) is 19.6. The van der Waals surface area contributed by atoms with Crippen LogP contribution in [-0.2, 0) is 10.0 Å². The molecule has 0 atom stereocenters. The molecule has 2 N–H and O–H groups in total. The molecule has 0 unspecified atom stereocenters. The molecule has 0 aliphatic heterocycles. The van der Waals surface area contributed by atoms with Gasteiger partial charge in [0.25, 0.3) is 5.91 Å². The molecule has 2 aromatic rings. The van der Waals surface area contributed by atoms with E-state index in [1.165, 1.54) is 23.5 Å². The minimum atomic E-state index is -3.81. The lowest BCUT2D eigenvalue weighted by molar-refractivity contribution is 0.102. The summed E-state index contributed by atoms with van der Waals surface area (Å²) in [6.07, 6.45) is 1.58. The minimum absolute atomic E-state index is 0.0218. The fourth-order valence-electron chi connectivity index (χ4n) is 2.17. The Morgan fingerprint density at radius 2 is 1.96 bits per heavy atom. The van der Waals surface area contributed by atoms with E-state index < -0.39 is 15.9 Å². The van der Waals surface area contributed by atoms with Gasteiger partial charge in [0.2, 0.25) is 10.0 Å². The van der Waals surface area contributed by atoms with E-state index in [9.17, 15) is 13.2 Å². The van der Waals surface area contributed by atoms with E-state index in [4.69, 9.17) is 23.2 Å². The number of carbonyl (C=O) groups is 1. The summed E-state index contributed by atoms with van der Waals surface area (Å²) in [7, 11) is -3.81. The van der Waals surface area contributed by atoms with E-state index in [2.05, 4.69) is 15.0 Å². The summed E-state index contributed by atoms with van der Waals surface area (Å²) in [6.45, 7) is 4.00. The van der Waals surface area contributed by atoms with E-state index in [0.29, 0.717) is 5.13 Å². The van der Waals surface area contributed by atoms with Crippen LogP contribution in [-0.4, -0.2) is 25.4 Å². The summed E-state index contributed by atoms with van der Waals surface area (Å²) < 4.78 is 27.4. The monoisotopic (exact) mass is 433 g/mol. The number of sulfonamides is 1. The molecule has 10 heteroatoms. The predicted molar refractivity (Wildman–Crippen MR) is 104 cm³/mol. The summed E-state index contributed by atoms with van der Waals surface area (Å²) >= 11 is 13.4. The van der Waals surface area contributed by atoms with Gasteiger partial charge < -0.3 is 0 Å². The van der Waals surface area contributed by atoms with Crippen molar-refractivity contribution < 1.29 is 13.2 Å². The highest BCUT2D eigenvalue weighted by atomic mass is 35.5. The Labute approximate surface area is 166 Å². The zero-order chi connectivity index (χ0) is 19.1. The lowest BCUT2D eigenvalue weighted by Crippen LogP contribution is -2.26. The van der Waals surface area contributed by atoms with Crippen LogP contribution in [0.4, 0.5) is 5.13 Å². The van der Waals surface area contributed by atoms with Crippen molar-refractivity contribution in [1.29, 1.82) is 0 Å². The number of anilines is 1. The molecule has 0 radical (unpaired) electrons. The molecule has 0 bridgehead atoms. The van der Waals surface area contributed by atoms with Crippen LogP contribution < -0.4 is 10.0 Å². The minimum Gasteiger partial charge on any atom is -0.298 e. The molecule has 1 heterocycles. The van der Waals surface area contributed by atoms with Gasteiger partial charge in [-0.05, 0) is 30.9 Å². The maximum Gasteiger partial charge on any atom is 0.259 e. The van der Waals surface area contributed by atoms with Crippen molar-refractivity contribution in [3.05, 3.63) is 38.8 Å². The Kier molecular flexibility index (Phi) is 5.60. The van der Waals surface area contributed by atoms with Crippen LogP contribution in [0.15, 0.2) is 22.4 Å². The van der Waals surface area contributed by atoms with Gasteiger partial charge in [-0.1, -0.05) is 37.0 Å². The van der Waals surface area contributed by atoms with Crippen LogP contribution >= 0.6 is 34.5 Å². The SMILES string of the molecule is CC(C)c1csc(NC(=O)c2cc(S(=O)(=O)NC3CC3)c(Cl)cc2Cl)n1. The Bertz CT molecular complexity index is 954. The van der Waals surface area contributed by atoms with Crippen LogP contribution in [0.25, 0.3) is 0 Å². The summed E-state index contributed by atoms with van der Waals surface area (Å²) in [5, 5.41) is 4.97. The molecule has 1 fully saturated rings. The van der Waals surface area contributed by atoms with Gasteiger partial charge in [0, 0.05) is 11.4 Å². The molecule has 1 aromatic carbocycles. The van der Waals surface area contributed by atoms with Crippen LogP contribution in [0.5, 0.6) is 0 Å². The van der Waals surface area contributed by atoms with Gasteiger partial charge in [-0.2, -0.15) is 0 Å². The topological polar surface area (TPSA) is 88.2 Å². The number of hydrogen-bond donors (Lipinski definition) is 2. The molecular weight excluding hydrogens is 417 g/mol. The average molecular weight is 434 g/mol. The van der Waals surface area contributed by atoms with E-state index >= 15 is 0 Å². The number of aromatic nitrogens is 1. The first-order chi connectivity index (χ1) is 12.2. The molecule has 3 rings (SSSR count). The Morgan fingerprint density at radius 3 is 2.54 bits per heavy atom. The summed E-state index contributed by atoms with van der Waals surface area (Å²) in [5.74, 6) is -0.305. The van der Waals surface area contributed by atoms with Gasteiger partial charge in [-0.15, -0.1) is 11.3 Å². The summed E-state index contributed by atoms with van der Waals surface area (Å²) in [6, 6.07) is 2.39. The van der Waals surface area contributed by atoms with E-state index in [1.54, 1.807) is 0 Å². The van der Waals surface area contributed by atoms with Crippen molar-refractivity contribution in [2.75, 3.05) is 5.32 Å². The number of hydrogen-bond acceptors (Lipinski definition) is 5. The van der Waals surface area contributed by atoms with Crippen molar-refractivity contribution in [1.82, 2.24) is 9.71 Å². The third kappa shape index (κ3) is 4.37. The largest absolute Gasteiger partial charge is 0.298 e. The Hall–Kier alpha value is -1.19. The maximum atomic E-state index is 12.6. The molecular formula is C16H17Cl2N3O3S2. The number of amides is 1. The number of nitrogens with one attached hydrogen (secondary N) is 2. The number of halogens is 2. The smallest absolute Gasteiger partial charge is 0.259 e. The number of benzene rings is 1. The lowest BCUT2D eigenvalue weighted by atomic mass is 10.2. The number of rotatable bonds is 6. The van der Waals surface area contributed by atoms with E-state index in [-0.39, 0.29) is 32.5 Å². The van der Waals surface area contributed by atoms with Crippen LogP contribution in [0.2, 0.25) is 10.0 Å². The van der Waals surface area contributed by atoms with Gasteiger partial charge in [-0.3, -0.25) is 10.1 Å². The molecule has 1 amide bonds. The average Bonchev–Trinajstić information content (AvgIpc) is 3.20. The third-order valence-electron chi connectivity index (χ3n) is 3.79. The zero-order valence-electron chi connectivity index (χ0n) is 14.0. The lowest BCUT2D eigenvalue weighted by Gasteiger charge is -2.11. The van der Waals surface area contributed by atoms with Gasteiger partial charge in [0.05, 0.1) is 21.3 Å². The van der Waals surface area contributed by atoms with Crippen LogP contribution in [0, 0.1) is 0 Å². The molecule has 1 aromatic heterocycles. The highest BCUT2D eigenvalue weighted by Gasteiger charge is 2.30. The molecule has 1 saturated carbocycles. The van der Waals surface area contributed by atoms with E-state index in [1.807, 2.05) is 19.2 Å². The van der Waals surface area contributed by atoms with Gasteiger partial charge in [0.15, 0.2) is 5.13 Å². The summed E-state index contributed by atoms with van der Waals surface area (Å²) in [4.78, 5) is 16.7. The second kappa shape index (κ2) is 7.44. The molecule has 140 valence electrons. The molecule has 0 spiro atoms. The van der Waals surface area contributed by atoms with Crippen molar-refractivity contribution in [2.45, 2.75) is 43.5 Å². The van der Waals surface area contributed by atoms with Crippen molar-refractivity contribution >= 4 is 55.6 Å². The van der Waals surface area contributed by atoms with Crippen molar-refractivity contribution in [3.63, 3.8) is 0 Å². The molecule has 1 aliphatic rings. The number of nitrogens with zero attached hydrogens (tertiary/aromatic N) is 1. The third-order valence-corrected chi connectivity index (χ3v) is 6.86. The van der Waals surface area contributed by atoms with E-state index in [0.717, 1.165) is 18.5 Å². The van der Waals surface area contributed by atoms with Crippen LogP contribution in [0.1, 0.15) is 48.7 Å². The number of thiazole rings is 1. The second-order valence-electron chi connectivity index (χ2n) is 6.34.